The van der Waals surface area contributed by atoms with Gasteiger partial charge in [0, 0.05) is 18.0 Å². The Morgan fingerprint density at radius 3 is 2.76 bits per heavy atom. The normalized spacial score (nSPS) is 10.5. The van der Waals surface area contributed by atoms with Crippen LogP contribution in [-0.4, -0.2) is 12.0 Å². The Kier molecular flexibility index (Phi) is 3.33. The van der Waals surface area contributed by atoms with Gasteiger partial charge in [-0.1, -0.05) is 25.1 Å². The molecule has 4 heteroatoms. The lowest BCUT2D eigenvalue weighted by molar-refractivity contribution is 0.624. The van der Waals surface area contributed by atoms with Crippen molar-refractivity contribution in [3.05, 3.63) is 47.5 Å². The van der Waals surface area contributed by atoms with Crippen molar-refractivity contribution in [1.82, 2.24) is 4.98 Å². The number of fused-ring (bicyclic) bond motifs is 1. The van der Waals surface area contributed by atoms with Gasteiger partial charge in [-0.05, 0) is 24.6 Å². The molecule has 0 radical (unpaired) electrons. The molecule has 0 saturated carbocycles. The van der Waals surface area contributed by atoms with Gasteiger partial charge < -0.3 is 9.73 Å². The van der Waals surface area contributed by atoms with Crippen LogP contribution in [0.3, 0.4) is 0 Å². The minimum absolute atomic E-state index is 0.524. The molecule has 4 nitrogen and oxygen atoms in total. The summed E-state index contributed by atoms with van der Waals surface area (Å²) in [4.78, 5) is 4.51. The van der Waals surface area contributed by atoms with E-state index in [1.54, 1.807) is 13.1 Å². The third-order valence-corrected chi connectivity index (χ3v) is 3.54. The number of para-hydroxylation sites is 1. The Hall–Kier alpha value is -2.80. The maximum atomic E-state index is 9.07. The monoisotopic (exact) mass is 277 g/mol. The fraction of sp³-hybridized carbons (Fsp3) is 0.176. The predicted octanol–water partition coefficient (Wildman–Crippen LogP) is 3.97. The topological polar surface area (TPSA) is 61.9 Å². The van der Waals surface area contributed by atoms with Crippen molar-refractivity contribution in [3.8, 4) is 17.5 Å². The number of nitrogens with zero attached hydrogens (tertiary/aromatic N) is 2. The molecule has 2 heterocycles. The molecule has 0 aliphatic rings. The molecule has 0 saturated heterocycles. The first kappa shape index (κ1) is 13.2. The van der Waals surface area contributed by atoms with E-state index in [1.165, 1.54) is 0 Å². The fourth-order valence-corrected chi connectivity index (χ4v) is 2.52. The second-order valence-electron chi connectivity index (χ2n) is 4.71. The Bertz CT molecular complexity index is 843. The SMILES string of the molecule is CCc1c(-c2ccc(C#N)c(NC)n2)oc2ccccc12. The van der Waals surface area contributed by atoms with Crippen molar-refractivity contribution < 1.29 is 4.42 Å². The molecule has 104 valence electrons. The highest BCUT2D eigenvalue weighted by atomic mass is 16.3. The third kappa shape index (κ3) is 2.13. The number of aromatic nitrogens is 1. The van der Waals surface area contributed by atoms with Crippen molar-refractivity contribution in [2.75, 3.05) is 12.4 Å². The molecule has 0 spiro atoms. The number of nitrogens with one attached hydrogen (secondary N) is 1. The van der Waals surface area contributed by atoms with Gasteiger partial charge in [-0.3, -0.25) is 0 Å². The average molecular weight is 277 g/mol. The van der Waals surface area contributed by atoms with Crippen molar-refractivity contribution in [2.24, 2.45) is 0 Å². The van der Waals surface area contributed by atoms with Gasteiger partial charge in [0.05, 0.1) is 5.56 Å². The van der Waals surface area contributed by atoms with E-state index in [2.05, 4.69) is 29.4 Å². The molecule has 2 aromatic heterocycles. The largest absolute Gasteiger partial charge is 0.454 e. The summed E-state index contributed by atoms with van der Waals surface area (Å²) >= 11 is 0. The Morgan fingerprint density at radius 2 is 2.05 bits per heavy atom. The van der Waals surface area contributed by atoms with E-state index in [4.69, 9.17) is 9.68 Å². The first-order chi connectivity index (χ1) is 10.3. The smallest absolute Gasteiger partial charge is 0.157 e. The maximum Gasteiger partial charge on any atom is 0.157 e. The van der Waals surface area contributed by atoms with Crippen LogP contribution in [0.2, 0.25) is 0 Å². The molecule has 3 aromatic rings. The zero-order valence-electron chi connectivity index (χ0n) is 12.0. The second kappa shape index (κ2) is 5.29. The third-order valence-electron chi connectivity index (χ3n) is 3.54. The Balaban J connectivity index is 2.23. The van der Waals surface area contributed by atoms with Crippen LogP contribution in [0.25, 0.3) is 22.4 Å². The zero-order valence-corrected chi connectivity index (χ0v) is 12.0. The number of aryl methyl sites for hydroxylation is 1. The molecule has 0 atom stereocenters. The van der Waals surface area contributed by atoms with Crippen molar-refractivity contribution in [1.29, 1.82) is 5.26 Å². The van der Waals surface area contributed by atoms with E-state index in [9.17, 15) is 0 Å². The molecule has 3 rings (SSSR count). The first-order valence-corrected chi connectivity index (χ1v) is 6.88. The van der Waals surface area contributed by atoms with Gasteiger partial charge >= 0.3 is 0 Å². The quantitative estimate of drug-likeness (QED) is 0.786. The van der Waals surface area contributed by atoms with Gasteiger partial charge in [-0.2, -0.15) is 5.26 Å². The lowest BCUT2D eigenvalue weighted by atomic mass is 10.1. The molecule has 0 fully saturated rings. The standard InChI is InChI=1S/C17H15N3O/c1-3-12-13-6-4-5-7-15(13)21-16(12)14-9-8-11(10-18)17(19-2)20-14/h4-9H,3H2,1-2H3,(H,19,20). The highest BCUT2D eigenvalue weighted by Gasteiger charge is 2.16. The highest BCUT2D eigenvalue weighted by molar-refractivity contribution is 5.87. The van der Waals surface area contributed by atoms with Gasteiger partial charge in [0.15, 0.2) is 5.76 Å². The molecule has 0 aliphatic carbocycles. The Morgan fingerprint density at radius 1 is 1.24 bits per heavy atom. The van der Waals surface area contributed by atoms with Gasteiger partial charge in [0.25, 0.3) is 0 Å². The number of benzene rings is 1. The van der Waals surface area contributed by atoms with Gasteiger partial charge in [0.2, 0.25) is 0 Å². The van der Waals surface area contributed by atoms with E-state index in [0.29, 0.717) is 11.4 Å². The summed E-state index contributed by atoms with van der Waals surface area (Å²) < 4.78 is 5.98. The summed E-state index contributed by atoms with van der Waals surface area (Å²) in [5.41, 5.74) is 3.27. The van der Waals surface area contributed by atoms with Gasteiger partial charge in [0.1, 0.15) is 23.2 Å². The minimum atomic E-state index is 0.524. The molecule has 0 bridgehead atoms. The summed E-state index contributed by atoms with van der Waals surface area (Å²) in [6.45, 7) is 2.10. The molecule has 1 N–H and O–H groups in total. The fourth-order valence-electron chi connectivity index (χ4n) is 2.52. The lowest BCUT2D eigenvalue weighted by Crippen LogP contribution is -1.97. The van der Waals surface area contributed by atoms with E-state index < -0.39 is 0 Å². The molecular formula is C17H15N3O. The van der Waals surface area contributed by atoms with E-state index >= 15 is 0 Å². The van der Waals surface area contributed by atoms with E-state index in [-0.39, 0.29) is 0 Å². The number of nitriles is 1. The second-order valence-corrected chi connectivity index (χ2v) is 4.71. The van der Waals surface area contributed by atoms with Crippen LogP contribution in [-0.2, 0) is 6.42 Å². The highest BCUT2D eigenvalue weighted by Crippen LogP contribution is 2.33. The van der Waals surface area contributed by atoms with Crippen LogP contribution in [0.5, 0.6) is 0 Å². The molecule has 0 amide bonds. The van der Waals surface area contributed by atoms with Crippen LogP contribution >= 0.6 is 0 Å². The van der Waals surface area contributed by atoms with Crippen LogP contribution < -0.4 is 5.32 Å². The molecule has 0 aliphatic heterocycles. The van der Waals surface area contributed by atoms with E-state index in [1.807, 2.05) is 24.3 Å². The number of hydrogen-bond acceptors (Lipinski definition) is 4. The van der Waals surface area contributed by atoms with Crippen LogP contribution in [0, 0.1) is 11.3 Å². The van der Waals surface area contributed by atoms with Crippen LogP contribution in [0.15, 0.2) is 40.8 Å². The van der Waals surface area contributed by atoms with Gasteiger partial charge in [-0.25, -0.2) is 4.98 Å². The summed E-state index contributed by atoms with van der Waals surface area (Å²) in [6, 6.07) is 13.7. The number of rotatable bonds is 3. The number of furan rings is 1. The van der Waals surface area contributed by atoms with Crippen LogP contribution in [0.1, 0.15) is 18.1 Å². The molecule has 1 aromatic carbocycles. The molecule has 21 heavy (non-hydrogen) atoms. The van der Waals surface area contributed by atoms with E-state index in [0.717, 1.165) is 34.4 Å². The molecule has 0 unspecified atom stereocenters. The van der Waals surface area contributed by atoms with Crippen LogP contribution in [0.4, 0.5) is 5.82 Å². The summed E-state index contributed by atoms with van der Waals surface area (Å²) in [6.07, 6.45) is 0.864. The number of anilines is 1. The summed E-state index contributed by atoms with van der Waals surface area (Å²) in [7, 11) is 1.76. The molecular weight excluding hydrogens is 262 g/mol. The summed E-state index contributed by atoms with van der Waals surface area (Å²) in [5, 5.41) is 13.1. The van der Waals surface area contributed by atoms with Crippen molar-refractivity contribution >= 4 is 16.8 Å². The van der Waals surface area contributed by atoms with Crippen molar-refractivity contribution in [3.63, 3.8) is 0 Å². The van der Waals surface area contributed by atoms with Gasteiger partial charge in [-0.15, -0.1) is 0 Å². The summed E-state index contributed by atoms with van der Waals surface area (Å²) in [5.74, 6) is 1.34. The number of hydrogen-bond donors (Lipinski definition) is 1. The number of pyridine rings is 1. The predicted molar refractivity (Wildman–Crippen MR) is 83.1 cm³/mol. The van der Waals surface area contributed by atoms with Crippen molar-refractivity contribution in [2.45, 2.75) is 13.3 Å². The minimum Gasteiger partial charge on any atom is -0.454 e. The zero-order chi connectivity index (χ0) is 14.8. The maximum absolute atomic E-state index is 9.07. The lowest BCUT2D eigenvalue weighted by Gasteiger charge is -2.05. The first-order valence-electron chi connectivity index (χ1n) is 6.88. The Labute approximate surface area is 123 Å². The average Bonchev–Trinajstić information content (AvgIpc) is 2.92.